The van der Waals surface area contributed by atoms with E-state index in [9.17, 15) is 23.5 Å². The highest BCUT2D eigenvalue weighted by Gasteiger charge is 2.46. The second kappa shape index (κ2) is 8.33. The number of pyridine rings is 1. The molecule has 1 aliphatic heterocycles. The first kappa shape index (κ1) is 22.2. The van der Waals surface area contributed by atoms with Crippen LogP contribution in [0.15, 0.2) is 35.4 Å². The Bertz CT molecular complexity index is 1300. The van der Waals surface area contributed by atoms with E-state index in [-0.39, 0.29) is 48.8 Å². The molecule has 0 bridgehead atoms. The molecule has 34 heavy (non-hydrogen) atoms. The van der Waals surface area contributed by atoms with Gasteiger partial charge in [-0.2, -0.15) is 9.61 Å². The Hall–Kier alpha value is -3.58. The molecule has 13 heteroatoms. The van der Waals surface area contributed by atoms with E-state index in [0.717, 1.165) is 0 Å². The van der Waals surface area contributed by atoms with Crippen molar-refractivity contribution < 1.29 is 23.4 Å². The Labute approximate surface area is 191 Å². The molecule has 2 atom stereocenters. The lowest BCUT2D eigenvalue weighted by atomic mass is 9.88. The van der Waals surface area contributed by atoms with Gasteiger partial charge in [0.1, 0.15) is 22.9 Å². The number of fused-ring (bicyclic) bond motifs is 1. The summed E-state index contributed by atoms with van der Waals surface area (Å²) in [6.45, 7) is 0.338. The third-order valence-electron chi connectivity index (χ3n) is 6.04. The van der Waals surface area contributed by atoms with Crippen molar-refractivity contribution in [1.29, 1.82) is 0 Å². The van der Waals surface area contributed by atoms with Gasteiger partial charge in [0.2, 0.25) is 0 Å². The number of aromatic nitrogens is 4. The number of rotatable bonds is 6. The fraction of sp³-hybridized carbons (Fsp3) is 0.429. The fourth-order valence-electron chi connectivity index (χ4n) is 4.15. The van der Waals surface area contributed by atoms with Crippen LogP contribution in [-0.2, 0) is 4.74 Å². The minimum Gasteiger partial charge on any atom is -0.388 e. The van der Waals surface area contributed by atoms with Gasteiger partial charge in [-0.05, 0) is 12.1 Å². The van der Waals surface area contributed by atoms with Crippen molar-refractivity contribution in [2.75, 3.05) is 30.9 Å². The number of nitrogens with zero attached hydrogens (tertiary/aromatic N) is 4. The number of nitrogens with one attached hydrogen (secondary N) is 3. The first-order valence-electron chi connectivity index (χ1n) is 10.7. The molecule has 1 saturated carbocycles. The molecule has 180 valence electrons. The molecule has 1 amide bonds. The quantitative estimate of drug-likeness (QED) is 0.417. The Morgan fingerprint density at radius 1 is 1.32 bits per heavy atom. The van der Waals surface area contributed by atoms with Crippen LogP contribution in [0.25, 0.3) is 5.65 Å². The Balaban J connectivity index is 1.45. The van der Waals surface area contributed by atoms with Crippen LogP contribution < -0.4 is 21.5 Å². The van der Waals surface area contributed by atoms with Gasteiger partial charge in [-0.15, -0.1) is 0 Å². The second-order valence-corrected chi connectivity index (χ2v) is 8.43. The van der Waals surface area contributed by atoms with Crippen molar-refractivity contribution in [1.82, 2.24) is 24.5 Å². The van der Waals surface area contributed by atoms with Gasteiger partial charge in [-0.25, -0.2) is 13.8 Å². The maximum absolute atomic E-state index is 13.3. The minimum atomic E-state index is -2.75. The highest BCUT2D eigenvalue weighted by molar-refractivity contribution is 6.00. The maximum Gasteiger partial charge on any atom is 0.274 e. The molecule has 3 aromatic rings. The lowest BCUT2D eigenvalue weighted by molar-refractivity contribution is -0.104. The molecule has 0 spiro atoms. The van der Waals surface area contributed by atoms with Gasteiger partial charge in [0, 0.05) is 38.2 Å². The number of anilines is 3. The molecule has 11 nitrogen and oxygen atoms in total. The summed E-state index contributed by atoms with van der Waals surface area (Å²) in [5.41, 5.74) is 0.0994. The lowest BCUT2D eigenvalue weighted by Crippen LogP contribution is -2.42. The molecule has 2 aliphatic rings. The normalized spacial score (nSPS) is 21.9. The number of alkyl halides is 2. The zero-order valence-corrected chi connectivity index (χ0v) is 18.2. The highest BCUT2D eigenvalue weighted by atomic mass is 19.3. The van der Waals surface area contributed by atoms with Gasteiger partial charge < -0.3 is 30.4 Å². The summed E-state index contributed by atoms with van der Waals surface area (Å²) < 4.78 is 34.5. The van der Waals surface area contributed by atoms with E-state index < -0.39 is 35.6 Å². The molecule has 0 aromatic carbocycles. The number of aliphatic hydroxyl groups is 1. The summed E-state index contributed by atoms with van der Waals surface area (Å²) in [4.78, 5) is 30.2. The summed E-state index contributed by atoms with van der Waals surface area (Å²) in [6, 6.07) is 3.63. The number of aliphatic hydroxyl groups excluding tert-OH is 1. The summed E-state index contributed by atoms with van der Waals surface area (Å²) in [6.07, 6.45) is 1.29. The second-order valence-electron chi connectivity index (χ2n) is 8.43. The van der Waals surface area contributed by atoms with Gasteiger partial charge in [0.15, 0.2) is 5.65 Å². The van der Waals surface area contributed by atoms with Crippen molar-refractivity contribution >= 4 is 28.9 Å². The molecule has 1 saturated heterocycles. The number of carbonyl (C=O) groups is 1. The number of halogens is 2. The number of ether oxygens (including phenoxy) is 1. The molecule has 4 heterocycles. The van der Waals surface area contributed by atoms with Crippen LogP contribution in [0, 0.1) is 0 Å². The number of amides is 1. The van der Waals surface area contributed by atoms with Crippen molar-refractivity contribution in [3.05, 3.63) is 46.5 Å². The van der Waals surface area contributed by atoms with Crippen LogP contribution in [0.4, 0.5) is 26.1 Å². The topological polar surface area (TPSA) is 135 Å². The first-order valence-corrected chi connectivity index (χ1v) is 10.7. The van der Waals surface area contributed by atoms with Crippen LogP contribution in [-0.4, -0.2) is 68.5 Å². The summed E-state index contributed by atoms with van der Waals surface area (Å²) >= 11 is 0. The molecule has 3 aromatic heterocycles. The van der Waals surface area contributed by atoms with Crippen molar-refractivity contribution in [3.8, 4) is 0 Å². The maximum atomic E-state index is 13.3. The van der Waals surface area contributed by atoms with E-state index in [1.54, 1.807) is 19.2 Å². The van der Waals surface area contributed by atoms with Crippen LogP contribution in [0.1, 0.15) is 29.2 Å². The summed E-state index contributed by atoms with van der Waals surface area (Å²) in [5.74, 6) is -2.49. The van der Waals surface area contributed by atoms with E-state index in [2.05, 4.69) is 26.0 Å². The average Bonchev–Trinajstić information content (AvgIpc) is 3.39. The van der Waals surface area contributed by atoms with Gasteiger partial charge in [0.25, 0.3) is 17.4 Å². The van der Waals surface area contributed by atoms with E-state index in [0.29, 0.717) is 5.82 Å². The Kier molecular flexibility index (Phi) is 5.44. The third-order valence-corrected chi connectivity index (χ3v) is 6.04. The van der Waals surface area contributed by atoms with Crippen molar-refractivity contribution in [3.63, 3.8) is 0 Å². The molecule has 0 radical (unpaired) electrons. The molecular weight excluding hydrogens is 452 g/mol. The zero-order chi connectivity index (χ0) is 24.0. The third kappa shape index (κ3) is 3.96. The Morgan fingerprint density at radius 2 is 2.12 bits per heavy atom. The summed E-state index contributed by atoms with van der Waals surface area (Å²) in [5, 5.41) is 22.7. The number of hydrogen-bond acceptors (Lipinski definition) is 8. The predicted octanol–water partition coefficient (Wildman–Crippen LogP) is 1.14. The van der Waals surface area contributed by atoms with E-state index in [4.69, 9.17) is 4.74 Å². The molecule has 4 N–H and O–H groups in total. The standard InChI is InChI=1S/C21H23F2N7O4/c1-24-17-5-16(26-13-3-2-4-29(20(13)33)11-6-21(22,23)7-11)28-18-12(8-25-30(17)18)19(32)27-14-9-34-10-15(14)31/h2-5,8,11,14-15,24,31H,6-7,9-10H2,1H3,(H,26,28)(H,27,32). The van der Waals surface area contributed by atoms with Crippen LogP contribution in [0.3, 0.4) is 0 Å². The predicted molar refractivity (Wildman–Crippen MR) is 118 cm³/mol. The van der Waals surface area contributed by atoms with Gasteiger partial charge >= 0.3 is 0 Å². The van der Waals surface area contributed by atoms with E-state index in [1.807, 2.05) is 0 Å². The van der Waals surface area contributed by atoms with Crippen LogP contribution >= 0.6 is 0 Å². The Morgan fingerprint density at radius 3 is 2.79 bits per heavy atom. The molecule has 1 aliphatic carbocycles. The highest BCUT2D eigenvalue weighted by Crippen LogP contribution is 2.44. The fourth-order valence-corrected chi connectivity index (χ4v) is 4.15. The molecule has 5 rings (SSSR count). The SMILES string of the molecule is CNc1cc(Nc2cccn(C3CC(F)(F)C3)c2=O)nc2c(C(=O)NC3COCC3O)cnn12. The molecular formula is C21H23F2N7O4. The van der Waals surface area contributed by atoms with Crippen LogP contribution in [0.2, 0.25) is 0 Å². The number of hydrogen-bond donors (Lipinski definition) is 4. The number of carbonyl (C=O) groups excluding carboxylic acids is 1. The van der Waals surface area contributed by atoms with Gasteiger partial charge in [0.05, 0.1) is 31.6 Å². The van der Waals surface area contributed by atoms with E-state index >= 15 is 0 Å². The zero-order valence-electron chi connectivity index (χ0n) is 18.2. The molecule has 2 fully saturated rings. The minimum absolute atomic E-state index is 0.142. The smallest absolute Gasteiger partial charge is 0.274 e. The van der Waals surface area contributed by atoms with Crippen LogP contribution in [0.5, 0.6) is 0 Å². The monoisotopic (exact) mass is 475 g/mol. The van der Waals surface area contributed by atoms with Crippen molar-refractivity contribution in [2.24, 2.45) is 0 Å². The molecule has 2 unspecified atom stereocenters. The van der Waals surface area contributed by atoms with Crippen molar-refractivity contribution in [2.45, 2.75) is 37.0 Å². The summed E-state index contributed by atoms with van der Waals surface area (Å²) in [7, 11) is 1.67. The average molecular weight is 475 g/mol. The largest absolute Gasteiger partial charge is 0.388 e. The lowest BCUT2D eigenvalue weighted by Gasteiger charge is -2.36. The van der Waals surface area contributed by atoms with E-state index in [1.165, 1.54) is 27.5 Å². The van der Waals surface area contributed by atoms with Gasteiger partial charge in [-0.1, -0.05) is 0 Å². The van der Waals surface area contributed by atoms with Gasteiger partial charge in [-0.3, -0.25) is 9.59 Å². The first-order chi connectivity index (χ1) is 16.3.